The van der Waals surface area contributed by atoms with Crippen LogP contribution >= 0.6 is 0 Å². The highest BCUT2D eigenvalue weighted by molar-refractivity contribution is 7.88. The molecule has 1 saturated heterocycles. The Morgan fingerprint density at radius 1 is 1.41 bits per heavy atom. The number of hydrogen-bond acceptors (Lipinski definition) is 5. The lowest BCUT2D eigenvalue weighted by Crippen LogP contribution is -2.27. The average Bonchev–Trinajstić information content (AvgIpc) is 2.93. The van der Waals surface area contributed by atoms with Gasteiger partial charge in [0.05, 0.1) is 6.26 Å². The van der Waals surface area contributed by atoms with Gasteiger partial charge in [-0.15, -0.1) is 0 Å². The minimum Gasteiger partial charge on any atom is -0.508 e. The minimum absolute atomic E-state index is 0.164. The van der Waals surface area contributed by atoms with Crippen LogP contribution in [0.15, 0.2) is 24.3 Å². The van der Waals surface area contributed by atoms with Crippen molar-refractivity contribution in [1.29, 1.82) is 0 Å². The number of sulfonamides is 1. The molecular weight excluding hydrogens is 246 g/mol. The maximum Gasteiger partial charge on any atom is 0.210 e. The Hall–Kier alpha value is -1.31. The summed E-state index contributed by atoms with van der Waals surface area (Å²) in [4.78, 5) is 0. The smallest absolute Gasteiger partial charge is 0.210 e. The van der Waals surface area contributed by atoms with Crippen LogP contribution in [0, 0.1) is 0 Å². The van der Waals surface area contributed by atoms with Gasteiger partial charge in [0, 0.05) is 0 Å². The first kappa shape index (κ1) is 12.2. The molecule has 94 valence electrons. The molecule has 1 aliphatic heterocycles. The Kier molecular flexibility index (Phi) is 3.23. The highest BCUT2D eigenvalue weighted by Crippen LogP contribution is 2.22. The van der Waals surface area contributed by atoms with Gasteiger partial charge in [-0.3, -0.25) is 0 Å². The third kappa shape index (κ3) is 3.88. The molecule has 0 amide bonds. The number of hydrogen-bond donors (Lipinski definition) is 2. The second-order valence-corrected chi connectivity index (χ2v) is 5.57. The molecule has 2 N–H and O–H groups in total. The first-order valence-electron chi connectivity index (χ1n) is 4.99. The van der Waals surface area contributed by atoms with Gasteiger partial charge in [0.1, 0.15) is 24.2 Å². The highest BCUT2D eigenvalue weighted by atomic mass is 32.2. The number of phenolic OH excluding ortho intramolecular Hbond substituents is 1. The van der Waals surface area contributed by atoms with Crippen LogP contribution < -0.4 is 9.46 Å². The maximum absolute atomic E-state index is 10.9. The summed E-state index contributed by atoms with van der Waals surface area (Å²) in [5.41, 5.74) is 0. The molecule has 2 unspecified atom stereocenters. The molecule has 0 aliphatic carbocycles. The molecule has 1 aliphatic rings. The summed E-state index contributed by atoms with van der Waals surface area (Å²) >= 11 is 0. The normalized spacial score (nSPS) is 23.4. The standard InChI is InChI=1S/C10H13NO5S/c1-17(13,14)11-10-9(16-10)6-15-8-4-2-7(12)3-5-8/h2-5,9-12H,6H2,1H3. The molecule has 0 saturated carbocycles. The van der Waals surface area contributed by atoms with Crippen molar-refractivity contribution in [2.45, 2.75) is 12.3 Å². The molecule has 1 heterocycles. The lowest BCUT2D eigenvalue weighted by molar-refractivity contribution is 0.259. The summed E-state index contributed by atoms with van der Waals surface area (Å²) in [6.07, 6.45) is 0.313. The average molecular weight is 259 g/mol. The summed E-state index contributed by atoms with van der Waals surface area (Å²) in [6, 6.07) is 6.26. The molecule has 1 aromatic carbocycles. The summed E-state index contributed by atoms with van der Waals surface area (Å²) in [7, 11) is -3.25. The van der Waals surface area contributed by atoms with Crippen LogP contribution in [0.4, 0.5) is 0 Å². The van der Waals surface area contributed by atoms with Gasteiger partial charge in [-0.2, -0.15) is 4.72 Å². The molecule has 6 nitrogen and oxygen atoms in total. The van der Waals surface area contributed by atoms with Crippen molar-refractivity contribution < 1.29 is 23.0 Å². The van der Waals surface area contributed by atoms with E-state index in [-0.39, 0.29) is 18.5 Å². The van der Waals surface area contributed by atoms with Crippen LogP contribution in [0.1, 0.15) is 0 Å². The number of nitrogens with one attached hydrogen (secondary N) is 1. The Balaban J connectivity index is 1.76. The van der Waals surface area contributed by atoms with Crippen molar-refractivity contribution in [3.05, 3.63) is 24.3 Å². The van der Waals surface area contributed by atoms with Crippen LogP contribution in [-0.2, 0) is 14.8 Å². The van der Waals surface area contributed by atoms with E-state index in [4.69, 9.17) is 14.6 Å². The molecule has 2 atom stereocenters. The largest absolute Gasteiger partial charge is 0.508 e. The van der Waals surface area contributed by atoms with Crippen molar-refractivity contribution in [2.75, 3.05) is 12.9 Å². The van der Waals surface area contributed by atoms with Gasteiger partial charge in [0.25, 0.3) is 0 Å². The zero-order valence-corrected chi connectivity index (χ0v) is 9.98. The lowest BCUT2D eigenvalue weighted by atomic mass is 10.3. The summed E-state index contributed by atoms with van der Waals surface area (Å²) in [6.45, 7) is 0.262. The zero-order chi connectivity index (χ0) is 12.5. The molecule has 0 radical (unpaired) electrons. The van der Waals surface area contributed by atoms with Gasteiger partial charge in [-0.05, 0) is 24.3 Å². The van der Waals surface area contributed by atoms with Crippen molar-refractivity contribution >= 4 is 10.0 Å². The topological polar surface area (TPSA) is 88.2 Å². The molecule has 1 aromatic rings. The van der Waals surface area contributed by atoms with Crippen molar-refractivity contribution in [1.82, 2.24) is 4.72 Å². The summed E-state index contributed by atoms with van der Waals surface area (Å²) in [5.74, 6) is 0.757. The van der Waals surface area contributed by atoms with Gasteiger partial charge < -0.3 is 14.6 Å². The molecule has 7 heteroatoms. The monoisotopic (exact) mass is 259 g/mol. The van der Waals surface area contributed by atoms with Gasteiger partial charge >= 0.3 is 0 Å². The molecule has 17 heavy (non-hydrogen) atoms. The molecule has 0 bridgehead atoms. The fraction of sp³-hybridized carbons (Fsp3) is 0.400. The summed E-state index contributed by atoms with van der Waals surface area (Å²) in [5, 5.41) is 9.06. The van der Waals surface area contributed by atoms with Crippen molar-refractivity contribution in [3.8, 4) is 11.5 Å². The van der Waals surface area contributed by atoms with E-state index >= 15 is 0 Å². The van der Waals surface area contributed by atoms with E-state index in [0.717, 1.165) is 6.26 Å². The van der Waals surface area contributed by atoms with E-state index in [1.807, 2.05) is 0 Å². The predicted molar refractivity (Wildman–Crippen MR) is 60.2 cm³/mol. The van der Waals surface area contributed by atoms with E-state index in [0.29, 0.717) is 5.75 Å². The Morgan fingerprint density at radius 2 is 2.06 bits per heavy atom. The van der Waals surface area contributed by atoms with Crippen molar-refractivity contribution in [2.24, 2.45) is 0 Å². The van der Waals surface area contributed by atoms with Crippen LogP contribution in [0.5, 0.6) is 11.5 Å². The van der Waals surface area contributed by atoms with Crippen LogP contribution in [0.3, 0.4) is 0 Å². The molecule has 0 aromatic heterocycles. The zero-order valence-electron chi connectivity index (χ0n) is 9.16. The van der Waals surface area contributed by atoms with E-state index in [2.05, 4.69) is 4.72 Å². The third-order valence-electron chi connectivity index (χ3n) is 2.16. The fourth-order valence-electron chi connectivity index (χ4n) is 1.31. The SMILES string of the molecule is CS(=O)(=O)NC1OC1COc1ccc(O)cc1. The first-order chi connectivity index (χ1) is 7.94. The number of phenols is 1. The van der Waals surface area contributed by atoms with E-state index in [9.17, 15) is 8.42 Å². The number of ether oxygens (including phenoxy) is 2. The summed E-state index contributed by atoms with van der Waals surface area (Å²) < 4.78 is 34.5. The molecule has 0 spiro atoms. The number of benzene rings is 1. The number of aromatic hydroxyl groups is 1. The maximum atomic E-state index is 10.9. The Bertz CT molecular complexity index is 484. The Labute approximate surface area is 99.2 Å². The van der Waals surface area contributed by atoms with Crippen LogP contribution in [0.2, 0.25) is 0 Å². The van der Waals surface area contributed by atoms with Crippen LogP contribution in [-0.4, -0.2) is 38.7 Å². The number of rotatable bonds is 5. The van der Waals surface area contributed by atoms with E-state index in [1.54, 1.807) is 12.1 Å². The second kappa shape index (κ2) is 4.52. The predicted octanol–water partition coefficient (Wildman–Crippen LogP) is 0.0451. The van der Waals surface area contributed by atoms with Gasteiger partial charge in [-0.25, -0.2) is 8.42 Å². The van der Waals surface area contributed by atoms with Gasteiger partial charge in [0.15, 0.2) is 6.23 Å². The lowest BCUT2D eigenvalue weighted by Gasteiger charge is -2.03. The van der Waals surface area contributed by atoms with Gasteiger partial charge in [-0.1, -0.05) is 0 Å². The Morgan fingerprint density at radius 3 is 2.65 bits per heavy atom. The second-order valence-electron chi connectivity index (χ2n) is 3.79. The minimum atomic E-state index is -3.25. The molecular formula is C10H13NO5S. The van der Waals surface area contributed by atoms with Crippen LogP contribution in [0.25, 0.3) is 0 Å². The number of epoxide rings is 1. The van der Waals surface area contributed by atoms with E-state index < -0.39 is 16.3 Å². The molecule has 1 fully saturated rings. The fourth-order valence-corrected chi connectivity index (χ4v) is 1.93. The first-order valence-corrected chi connectivity index (χ1v) is 6.88. The van der Waals surface area contributed by atoms with Crippen molar-refractivity contribution in [3.63, 3.8) is 0 Å². The highest BCUT2D eigenvalue weighted by Gasteiger charge is 2.41. The molecule has 2 rings (SSSR count). The quantitative estimate of drug-likeness (QED) is 0.729. The van der Waals surface area contributed by atoms with E-state index in [1.165, 1.54) is 12.1 Å². The third-order valence-corrected chi connectivity index (χ3v) is 2.82. The van der Waals surface area contributed by atoms with Gasteiger partial charge in [0.2, 0.25) is 10.0 Å².